The molecule has 5 nitrogen and oxygen atoms in total. The lowest BCUT2D eigenvalue weighted by molar-refractivity contribution is 0.843. The maximum absolute atomic E-state index is 6.10. The number of aryl methyl sites for hydroxylation is 2. The molecule has 5 aromatic rings. The van der Waals surface area contributed by atoms with Gasteiger partial charge in [-0.1, -0.05) is 41.1 Å². The number of hydrogen-bond donors (Lipinski definition) is 1. The highest BCUT2D eigenvalue weighted by molar-refractivity contribution is 7.22. The fourth-order valence-electron chi connectivity index (χ4n) is 3.26. The standard InChI is InChI=1S/C21H16ClN5S/c1-12-9-19(23-16-6-4-3-5-15(12)16)27-20(10-13(2)26-27)25-21-24-17-8-7-14(22)11-18(17)28-21/h3-11H,1-2H3,(H,24,25). The van der Waals surface area contributed by atoms with Crippen molar-refractivity contribution in [2.24, 2.45) is 0 Å². The van der Waals surface area contributed by atoms with Crippen LogP contribution in [0.1, 0.15) is 11.3 Å². The Kier molecular flexibility index (Phi) is 4.03. The van der Waals surface area contributed by atoms with Gasteiger partial charge in [0.2, 0.25) is 0 Å². The summed E-state index contributed by atoms with van der Waals surface area (Å²) in [7, 11) is 0. The first kappa shape index (κ1) is 17.2. The maximum Gasteiger partial charge on any atom is 0.189 e. The first-order valence-corrected chi connectivity index (χ1v) is 10.0. The predicted octanol–water partition coefficient (Wildman–Crippen LogP) is 6.04. The minimum atomic E-state index is 0.708. The second kappa shape index (κ2) is 6.58. The predicted molar refractivity (Wildman–Crippen MR) is 116 cm³/mol. The Labute approximate surface area is 170 Å². The SMILES string of the molecule is Cc1cc(Nc2nc3ccc(Cl)cc3s2)n(-c2cc(C)c3ccccc3n2)n1. The van der Waals surface area contributed by atoms with Crippen LogP contribution in [0, 0.1) is 13.8 Å². The Bertz CT molecular complexity index is 1340. The molecule has 0 amide bonds. The van der Waals surface area contributed by atoms with Gasteiger partial charge in [0.25, 0.3) is 0 Å². The van der Waals surface area contributed by atoms with Crippen molar-refractivity contribution in [1.29, 1.82) is 0 Å². The Morgan fingerprint density at radius 1 is 0.964 bits per heavy atom. The van der Waals surface area contributed by atoms with Gasteiger partial charge in [-0.2, -0.15) is 9.78 Å². The molecule has 0 aliphatic heterocycles. The Balaban J connectivity index is 1.59. The molecule has 5 rings (SSSR count). The van der Waals surface area contributed by atoms with Crippen LogP contribution in [0.2, 0.25) is 5.02 Å². The molecule has 0 unspecified atom stereocenters. The number of nitrogens with one attached hydrogen (secondary N) is 1. The van der Waals surface area contributed by atoms with Crippen molar-refractivity contribution in [3.05, 3.63) is 70.9 Å². The number of benzene rings is 2. The quantitative estimate of drug-likeness (QED) is 0.397. The molecule has 0 fully saturated rings. The topological polar surface area (TPSA) is 55.6 Å². The van der Waals surface area contributed by atoms with Crippen molar-refractivity contribution in [1.82, 2.24) is 19.7 Å². The van der Waals surface area contributed by atoms with E-state index in [0.29, 0.717) is 5.02 Å². The van der Waals surface area contributed by atoms with Gasteiger partial charge in [0.05, 0.1) is 21.4 Å². The zero-order chi connectivity index (χ0) is 19.3. The van der Waals surface area contributed by atoms with Crippen LogP contribution in [-0.2, 0) is 0 Å². The smallest absolute Gasteiger partial charge is 0.189 e. The van der Waals surface area contributed by atoms with Crippen LogP contribution in [0.5, 0.6) is 0 Å². The van der Waals surface area contributed by atoms with Gasteiger partial charge in [0.15, 0.2) is 10.9 Å². The van der Waals surface area contributed by atoms with Crippen LogP contribution < -0.4 is 5.32 Å². The number of thiazole rings is 1. The third-order valence-corrected chi connectivity index (χ3v) is 5.71. The number of hydrogen-bond acceptors (Lipinski definition) is 5. The normalized spacial score (nSPS) is 11.4. The minimum Gasteiger partial charge on any atom is -0.316 e. The molecule has 7 heteroatoms. The molecule has 3 heterocycles. The zero-order valence-electron chi connectivity index (χ0n) is 15.3. The Hall–Kier alpha value is -2.96. The fraction of sp³-hybridized carbons (Fsp3) is 0.0952. The molecule has 0 bridgehead atoms. The molecule has 3 aromatic heterocycles. The van der Waals surface area contributed by atoms with E-state index >= 15 is 0 Å². The zero-order valence-corrected chi connectivity index (χ0v) is 16.8. The van der Waals surface area contributed by atoms with Crippen molar-refractivity contribution < 1.29 is 0 Å². The molecule has 0 radical (unpaired) electrons. The van der Waals surface area contributed by atoms with Gasteiger partial charge >= 0.3 is 0 Å². The Morgan fingerprint density at radius 2 is 1.82 bits per heavy atom. The molecular formula is C21H16ClN5S. The third-order valence-electron chi connectivity index (χ3n) is 4.54. The second-order valence-corrected chi connectivity index (χ2v) is 8.12. The second-order valence-electron chi connectivity index (χ2n) is 6.65. The van der Waals surface area contributed by atoms with E-state index in [-0.39, 0.29) is 0 Å². The van der Waals surface area contributed by atoms with E-state index in [1.54, 1.807) is 11.3 Å². The summed E-state index contributed by atoms with van der Waals surface area (Å²) < 4.78 is 2.87. The average Bonchev–Trinajstić information content (AvgIpc) is 3.24. The largest absolute Gasteiger partial charge is 0.316 e. The lowest BCUT2D eigenvalue weighted by Gasteiger charge is -2.10. The number of fused-ring (bicyclic) bond motifs is 2. The van der Waals surface area contributed by atoms with Crippen LogP contribution >= 0.6 is 22.9 Å². The summed E-state index contributed by atoms with van der Waals surface area (Å²) >= 11 is 7.65. The van der Waals surface area contributed by atoms with Gasteiger partial charge in [-0.25, -0.2) is 9.97 Å². The molecule has 28 heavy (non-hydrogen) atoms. The van der Waals surface area contributed by atoms with E-state index in [1.165, 1.54) is 0 Å². The van der Waals surface area contributed by atoms with E-state index in [0.717, 1.165) is 49.1 Å². The number of aromatic nitrogens is 4. The molecule has 2 aromatic carbocycles. The number of pyridine rings is 1. The molecule has 0 atom stereocenters. The molecule has 0 aliphatic rings. The number of para-hydroxylation sites is 1. The lowest BCUT2D eigenvalue weighted by atomic mass is 10.1. The Morgan fingerprint density at radius 3 is 2.71 bits per heavy atom. The number of anilines is 2. The van der Waals surface area contributed by atoms with Gasteiger partial charge in [-0.3, -0.25) is 0 Å². The summed E-state index contributed by atoms with van der Waals surface area (Å²) in [6.45, 7) is 4.06. The highest BCUT2D eigenvalue weighted by atomic mass is 35.5. The summed E-state index contributed by atoms with van der Waals surface area (Å²) in [6.07, 6.45) is 0. The van der Waals surface area contributed by atoms with Gasteiger partial charge < -0.3 is 5.32 Å². The maximum atomic E-state index is 6.10. The summed E-state index contributed by atoms with van der Waals surface area (Å²) in [6, 6.07) is 17.9. The molecule has 0 aliphatic carbocycles. The van der Waals surface area contributed by atoms with Crippen molar-refractivity contribution in [3.63, 3.8) is 0 Å². The molecule has 1 N–H and O–H groups in total. The lowest BCUT2D eigenvalue weighted by Crippen LogP contribution is -2.05. The van der Waals surface area contributed by atoms with E-state index in [2.05, 4.69) is 34.5 Å². The van der Waals surface area contributed by atoms with Crippen LogP contribution in [0.4, 0.5) is 10.9 Å². The monoisotopic (exact) mass is 405 g/mol. The van der Waals surface area contributed by atoms with Crippen molar-refractivity contribution in [3.8, 4) is 5.82 Å². The summed E-state index contributed by atoms with van der Waals surface area (Å²) in [5.41, 5.74) is 3.93. The van der Waals surface area contributed by atoms with Crippen LogP contribution in [0.15, 0.2) is 54.6 Å². The number of rotatable bonds is 3. The highest BCUT2D eigenvalue weighted by Crippen LogP contribution is 2.31. The van der Waals surface area contributed by atoms with Crippen molar-refractivity contribution >= 4 is 55.0 Å². The van der Waals surface area contributed by atoms with Gasteiger partial charge in [0.1, 0.15) is 5.82 Å². The molecule has 0 saturated heterocycles. The summed E-state index contributed by atoms with van der Waals surface area (Å²) in [5.74, 6) is 1.60. The van der Waals surface area contributed by atoms with Crippen molar-refractivity contribution in [2.75, 3.05) is 5.32 Å². The molecule has 0 spiro atoms. The molecular weight excluding hydrogens is 390 g/mol. The average molecular weight is 406 g/mol. The first-order chi connectivity index (χ1) is 13.6. The van der Waals surface area contributed by atoms with Gasteiger partial charge in [-0.15, -0.1) is 0 Å². The van der Waals surface area contributed by atoms with Crippen LogP contribution in [-0.4, -0.2) is 19.7 Å². The van der Waals surface area contributed by atoms with Crippen LogP contribution in [0.3, 0.4) is 0 Å². The summed E-state index contributed by atoms with van der Waals surface area (Å²) in [5, 5.41) is 10.7. The third kappa shape index (κ3) is 3.00. The van der Waals surface area contributed by atoms with Gasteiger partial charge in [-0.05, 0) is 49.7 Å². The first-order valence-electron chi connectivity index (χ1n) is 8.83. The molecule has 0 saturated carbocycles. The van der Waals surface area contributed by atoms with Crippen LogP contribution in [0.25, 0.3) is 26.9 Å². The minimum absolute atomic E-state index is 0.708. The van der Waals surface area contributed by atoms with E-state index < -0.39 is 0 Å². The number of halogens is 1. The summed E-state index contributed by atoms with van der Waals surface area (Å²) in [4.78, 5) is 9.45. The van der Waals surface area contributed by atoms with Gasteiger partial charge in [0, 0.05) is 16.5 Å². The van der Waals surface area contributed by atoms with Crippen molar-refractivity contribution in [2.45, 2.75) is 13.8 Å². The van der Waals surface area contributed by atoms with E-state index in [1.807, 2.05) is 54.1 Å². The fourth-order valence-corrected chi connectivity index (χ4v) is 4.41. The van der Waals surface area contributed by atoms with E-state index in [9.17, 15) is 0 Å². The number of nitrogens with zero attached hydrogens (tertiary/aromatic N) is 4. The highest BCUT2D eigenvalue weighted by Gasteiger charge is 2.13. The van der Waals surface area contributed by atoms with E-state index in [4.69, 9.17) is 16.6 Å². The molecule has 138 valence electrons.